The van der Waals surface area contributed by atoms with Gasteiger partial charge in [0.2, 0.25) is 0 Å². The van der Waals surface area contributed by atoms with E-state index in [1.54, 1.807) is 0 Å². The van der Waals surface area contributed by atoms with Gasteiger partial charge in [0.05, 0.1) is 11.2 Å². The Balaban J connectivity index is 1.30. The normalized spacial score (nSPS) is 29.3. The molecule has 0 spiro atoms. The molecule has 1 saturated heterocycles. The fourth-order valence-corrected chi connectivity index (χ4v) is 6.49. The van der Waals surface area contributed by atoms with Gasteiger partial charge in [0.25, 0.3) is 0 Å². The van der Waals surface area contributed by atoms with Gasteiger partial charge >= 0.3 is 13.2 Å². The van der Waals surface area contributed by atoms with Gasteiger partial charge in [-0.2, -0.15) is 0 Å². The first-order chi connectivity index (χ1) is 17.2. The molecule has 1 unspecified atom stereocenters. The van der Waals surface area contributed by atoms with Crippen LogP contribution in [0.2, 0.25) is 0 Å². The molecule has 3 aliphatic carbocycles. The summed E-state index contributed by atoms with van der Waals surface area (Å²) in [6.07, 6.45) is 7.47. The summed E-state index contributed by atoms with van der Waals surface area (Å²) < 4.78 is 18.0. The van der Waals surface area contributed by atoms with Gasteiger partial charge in [-0.1, -0.05) is 45.0 Å². The molecule has 37 heavy (non-hydrogen) atoms. The van der Waals surface area contributed by atoms with Gasteiger partial charge < -0.3 is 24.8 Å². The molecule has 7 nitrogen and oxygen atoms in total. The summed E-state index contributed by atoms with van der Waals surface area (Å²) in [4.78, 5) is 19.7. The Morgan fingerprint density at radius 1 is 0.973 bits per heavy atom. The maximum atomic E-state index is 11.5. The predicted octanol–water partition coefficient (Wildman–Crippen LogP) is 5.44. The minimum Gasteiger partial charge on any atom is -0.438 e. The molecule has 200 valence electrons. The number of ether oxygens (including phenoxy) is 1. The average Bonchev–Trinajstić information content (AvgIpc) is 3.40. The lowest BCUT2D eigenvalue weighted by molar-refractivity contribution is 0.00578. The number of rotatable bonds is 5. The van der Waals surface area contributed by atoms with E-state index in [0.717, 1.165) is 49.7 Å². The lowest BCUT2D eigenvalue weighted by Crippen LogP contribution is -2.47. The molecule has 8 heteroatoms. The van der Waals surface area contributed by atoms with Crippen LogP contribution in [0.3, 0.4) is 0 Å². The van der Waals surface area contributed by atoms with Gasteiger partial charge in [-0.3, -0.25) is 0 Å². The van der Waals surface area contributed by atoms with Crippen molar-refractivity contribution in [2.24, 2.45) is 11.1 Å². The number of aromatic nitrogens is 2. The second-order valence-corrected chi connectivity index (χ2v) is 13.6. The molecule has 1 atom stereocenters. The number of nitrogens with one attached hydrogen (secondary N) is 1. The van der Waals surface area contributed by atoms with E-state index in [4.69, 9.17) is 19.8 Å². The third-order valence-corrected chi connectivity index (χ3v) is 9.73. The molecule has 1 aromatic heterocycles. The lowest BCUT2D eigenvalue weighted by Gasteiger charge is -2.53. The average molecular weight is 507 g/mol. The molecule has 2 heterocycles. The van der Waals surface area contributed by atoms with Crippen molar-refractivity contribution >= 4 is 18.7 Å². The molecule has 6 rings (SSSR count). The third-order valence-electron chi connectivity index (χ3n) is 9.73. The number of imidazole rings is 1. The zero-order valence-electron chi connectivity index (χ0n) is 23.4. The van der Waals surface area contributed by atoms with Crippen LogP contribution in [0.1, 0.15) is 110 Å². The molecule has 2 aromatic rings. The Morgan fingerprint density at radius 3 is 1.97 bits per heavy atom. The Hall–Kier alpha value is -2.32. The Bertz CT molecular complexity index is 1120. The number of hydrogen-bond donors (Lipinski definition) is 2. The number of primary amides is 1. The van der Waals surface area contributed by atoms with Crippen LogP contribution in [0.25, 0.3) is 0 Å². The quantitative estimate of drug-likeness (QED) is 0.526. The molecule has 1 aliphatic heterocycles. The van der Waals surface area contributed by atoms with Gasteiger partial charge in [0.1, 0.15) is 5.82 Å². The highest BCUT2D eigenvalue weighted by Gasteiger charge is 2.53. The minimum atomic E-state index is -0.777. The Labute approximate surface area is 221 Å². The van der Waals surface area contributed by atoms with Crippen molar-refractivity contribution < 1.29 is 18.8 Å². The Kier molecular flexibility index (Phi) is 6.11. The minimum absolute atomic E-state index is 0.102. The molecule has 4 aliphatic rings. The fraction of sp³-hybridized carbons (Fsp3) is 0.655. The van der Waals surface area contributed by atoms with Crippen LogP contribution >= 0.6 is 0 Å². The summed E-state index contributed by atoms with van der Waals surface area (Å²) in [5.74, 6) is 0.677. The Morgan fingerprint density at radius 2 is 1.49 bits per heavy atom. The second-order valence-electron chi connectivity index (χ2n) is 13.6. The summed E-state index contributed by atoms with van der Waals surface area (Å²) in [6, 6.07) is 8.97. The standard InChI is InChI=1S/C29H42BN3O4/c1-25(2,3)22(35-24(31)34)23-32-18-21(33-23)29-15-12-28(13-16-29,14-17-29)19-8-10-20(11-9-19)30-36-26(4,5)27(6,7)37-30/h8-11,18,22H,12-17H2,1-7H3,(H2,31,34)(H,32,33). The van der Waals surface area contributed by atoms with Gasteiger partial charge in [0, 0.05) is 22.7 Å². The summed E-state index contributed by atoms with van der Waals surface area (Å²) in [5, 5.41) is 0. The number of hydrogen-bond acceptors (Lipinski definition) is 5. The van der Waals surface area contributed by atoms with E-state index in [1.165, 1.54) is 5.56 Å². The van der Waals surface area contributed by atoms with E-state index in [-0.39, 0.29) is 34.6 Å². The molecule has 0 radical (unpaired) electrons. The monoisotopic (exact) mass is 507 g/mol. The van der Waals surface area contributed by atoms with Crippen LogP contribution in [0.4, 0.5) is 4.79 Å². The SMILES string of the molecule is CC(C)(C)C(OC(N)=O)c1ncc(C23CCC(c4ccc(B5OC(C)(C)C(C)(C)O5)cc4)(CC2)CC3)[nH]1. The molecule has 1 amide bonds. The summed E-state index contributed by atoms with van der Waals surface area (Å²) in [5.41, 5.74) is 8.36. The number of H-pyrrole nitrogens is 1. The van der Waals surface area contributed by atoms with Crippen molar-refractivity contribution in [1.82, 2.24) is 9.97 Å². The van der Waals surface area contributed by atoms with Crippen LogP contribution in [0.5, 0.6) is 0 Å². The van der Waals surface area contributed by atoms with Gasteiger partial charge in [-0.15, -0.1) is 0 Å². The number of carbonyl (C=O) groups excluding carboxylic acids is 1. The zero-order chi connectivity index (χ0) is 26.9. The van der Waals surface area contributed by atoms with E-state index in [1.807, 2.05) is 27.0 Å². The molecule has 2 bridgehead atoms. The van der Waals surface area contributed by atoms with Crippen LogP contribution in [-0.2, 0) is 24.9 Å². The van der Waals surface area contributed by atoms with E-state index < -0.39 is 12.2 Å². The van der Waals surface area contributed by atoms with Crippen molar-refractivity contribution in [1.29, 1.82) is 0 Å². The van der Waals surface area contributed by atoms with Crippen LogP contribution in [0, 0.1) is 5.41 Å². The van der Waals surface area contributed by atoms with E-state index in [9.17, 15) is 4.79 Å². The zero-order valence-corrected chi connectivity index (χ0v) is 23.4. The van der Waals surface area contributed by atoms with Crippen LogP contribution in [-0.4, -0.2) is 34.4 Å². The largest absolute Gasteiger partial charge is 0.494 e. The molecule has 3 N–H and O–H groups in total. The fourth-order valence-electron chi connectivity index (χ4n) is 6.49. The van der Waals surface area contributed by atoms with E-state index in [0.29, 0.717) is 5.82 Å². The molecule has 4 fully saturated rings. The first-order valence-corrected chi connectivity index (χ1v) is 13.6. The number of nitrogens with zero attached hydrogens (tertiary/aromatic N) is 1. The highest BCUT2D eigenvalue weighted by molar-refractivity contribution is 6.62. The number of carbonyl (C=O) groups is 1. The number of nitrogens with two attached hydrogens (primary N) is 1. The molecule has 1 aromatic carbocycles. The van der Waals surface area contributed by atoms with Crippen molar-refractivity contribution in [3.8, 4) is 0 Å². The summed E-state index contributed by atoms with van der Waals surface area (Å²) >= 11 is 0. The number of amides is 1. The van der Waals surface area contributed by atoms with Crippen LogP contribution < -0.4 is 11.2 Å². The highest BCUT2D eigenvalue weighted by atomic mass is 16.7. The summed E-state index contributed by atoms with van der Waals surface area (Å²) in [6.45, 7) is 14.4. The first kappa shape index (κ1) is 26.3. The third kappa shape index (κ3) is 4.50. The lowest BCUT2D eigenvalue weighted by atomic mass is 9.51. The van der Waals surface area contributed by atoms with Crippen molar-refractivity contribution in [2.45, 2.75) is 115 Å². The smallest absolute Gasteiger partial charge is 0.438 e. The van der Waals surface area contributed by atoms with Gasteiger partial charge in [-0.05, 0) is 82.7 Å². The number of aromatic amines is 1. The number of benzene rings is 1. The van der Waals surface area contributed by atoms with Crippen molar-refractivity contribution in [2.75, 3.05) is 0 Å². The van der Waals surface area contributed by atoms with E-state index in [2.05, 4.69) is 61.9 Å². The topological polar surface area (TPSA) is 99.5 Å². The van der Waals surface area contributed by atoms with E-state index >= 15 is 0 Å². The van der Waals surface area contributed by atoms with Crippen molar-refractivity contribution in [3.63, 3.8) is 0 Å². The van der Waals surface area contributed by atoms with Gasteiger partial charge in [-0.25, -0.2) is 9.78 Å². The van der Waals surface area contributed by atoms with Gasteiger partial charge in [0.15, 0.2) is 6.10 Å². The van der Waals surface area contributed by atoms with Crippen LogP contribution in [0.15, 0.2) is 30.5 Å². The molecular weight excluding hydrogens is 465 g/mol. The second kappa shape index (κ2) is 8.60. The number of fused-ring (bicyclic) bond motifs is 3. The van der Waals surface area contributed by atoms with Crippen molar-refractivity contribution in [3.05, 3.63) is 47.5 Å². The first-order valence-electron chi connectivity index (χ1n) is 13.6. The highest BCUT2D eigenvalue weighted by Crippen LogP contribution is 2.58. The summed E-state index contributed by atoms with van der Waals surface area (Å²) in [7, 11) is -0.327. The maximum Gasteiger partial charge on any atom is 0.494 e. The maximum absolute atomic E-state index is 11.5. The molecular formula is C29H42BN3O4. The molecule has 3 saturated carbocycles. The predicted molar refractivity (Wildman–Crippen MR) is 145 cm³/mol.